The van der Waals surface area contributed by atoms with Gasteiger partial charge in [0, 0.05) is 74.1 Å². The first-order valence-electron chi connectivity index (χ1n) is 11.9. The summed E-state index contributed by atoms with van der Waals surface area (Å²) in [5, 5.41) is 11.7. The van der Waals surface area contributed by atoms with Gasteiger partial charge in [0.05, 0.1) is 18.1 Å². The normalized spacial score (nSPS) is 26.2. The van der Waals surface area contributed by atoms with Crippen molar-refractivity contribution in [1.82, 2.24) is 9.80 Å². The second-order valence-electron chi connectivity index (χ2n) is 9.56. The topological polar surface area (TPSA) is 59.8 Å². The van der Waals surface area contributed by atoms with Crippen molar-refractivity contribution in [2.45, 2.75) is 50.3 Å². The number of hydrogen-bond donors (Lipinski definition) is 0. The Kier molecular flexibility index (Phi) is 6.03. The first kappa shape index (κ1) is 21.2. The van der Waals surface area contributed by atoms with Crippen molar-refractivity contribution < 1.29 is 9.53 Å². The molecule has 6 heteroatoms. The zero-order chi connectivity index (χ0) is 22.1. The number of piperidine rings is 1. The summed E-state index contributed by atoms with van der Waals surface area (Å²) in [4.78, 5) is 19.8. The van der Waals surface area contributed by atoms with Gasteiger partial charge >= 0.3 is 5.97 Å². The van der Waals surface area contributed by atoms with Crippen molar-refractivity contribution in [3.8, 4) is 6.07 Å². The molecule has 0 spiro atoms. The SMILES string of the molecule is CN1CCN(CCC(=O)OC2CC3CCC(C2)N3c2ccc(C#N)c3ccccc23)CC1. The van der Waals surface area contributed by atoms with E-state index in [9.17, 15) is 10.1 Å². The van der Waals surface area contributed by atoms with Crippen LogP contribution in [0.5, 0.6) is 0 Å². The van der Waals surface area contributed by atoms with Crippen LogP contribution < -0.4 is 4.90 Å². The molecule has 0 saturated carbocycles. The Labute approximate surface area is 190 Å². The van der Waals surface area contributed by atoms with Gasteiger partial charge in [-0.3, -0.25) is 4.79 Å². The van der Waals surface area contributed by atoms with Crippen molar-refractivity contribution in [2.75, 3.05) is 44.7 Å². The number of piperazine rings is 1. The maximum Gasteiger partial charge on any atom is 0.307 e. The number of anilines is 1. The summed E-state index contributed by atoms with van der Waals surface area (Å²) in [6.45, 7) is 5.01. The van der Waals surface area contributed by atoms with Crippen LogP contribution in [0.3, 0.4) is 0 Å². The Morgan fingerprint density at radius 1 is 1.03 bits per heavy atom. The number of nitrogens with zero attached hydrogens (tertiary/aromatic N) is 4. The molecule has 0 N–H and O–H groups in total. The number of carbonyl (C=O) groups excluding carboxylic acids is 1. The molecule has 6 nitrogen and oxygen atoms in total. The van der Waals surface area contributed by atoms with Crippen LogP contribution in [0.15, 0.2) is 36.4 Å². The smallest absolute Gasteiger partial charge is 0.307 e. The van der Waals surface area contributed by atoms with Crippen LogP contribution in [0.1, 0.15) is 37.7 Å². The van der Waals surface area contributed by atoms with Crippen LogP contribution in [0.25, 0.3) is 10.8 Å². The molecule has 0 radical (unpaired) electrons. The number of carbonyl (C=O) groups is 1. The fraction of sp³-hybridized carbons (Fsp3) is 0.538. The molecule has 0 amide bonds. The summed E-state index contributed by atoms with van der Waals surface area (Å²) in [5.74, 6) is -0.0504. The lowest BCUT2D eigenvalue weighted by molar-refractivity contribution is -0.151. The van der Waals surface area contributed by atoms with Gasteiger partial charge in [0.15, 0.2) is 0 Å². The van der Waals surface area contributed by atoms with Crippen LogP contribution in [-0.2, 0) is 9.53 Å². The van der Waals surface area contributed by atoms with E-state index in [2.05, 4.69) is 39.9 Å². The number of fused-ring (bicyclic) bond motifs is 3. The highest BCUT2D eigenvalue weighted by molar-refractivity contribution is 5.98. The van der Waals surface area contributed by atoms with E-state index in [1.807, 2.05) is 24.3 Å². The van der Waals surface area contributed by atoms with Crippen molar-refractivity contribution in [1.29, 1.82) is 5.26 Å². The van der Waals surface area contributed by atoms with Crippen molar-refractivity contribution in [3.63, 3.8) is 0 Å². The predicted octanol–water partition coefficient (Wildman–Crippen LogP) is 3.39. The van der Waals surface area contributed by atoms with Crippen molar-refractivity contribution >= 4 is 22.4 Å². The third-order valence-electron chi connectivity index (χ3n) is 7.52. The zero-order valence-electron chi connectivity index (χ0n) is 18.9. The van der Waals surface area contributed by atoms with Gasteiger partial charge in [0.2, 0.25) is 0 Å². The molecule has 168 valence electrons. The van der Waals surface area contributed by atoms with E-state index < -0.39 is 0 Å². The van der Waals surface area contributed by atoms with E-state index in [0.717, 1.165) is 74.7 Å². The number of benzene rings is 2. The summed E-state index contributed by atoms with van der Waals surface area (Å²) >= 11 is 0. The summed E-state index contributed by atoms with van der Waals surface area (Å²) in [7, 11) is 2.15. The molecule has 3 heterocycles. The molecule has 5 rings (SSSR count). The van der Waals surface area contributed by atoms with Gasteiger partial charge in [0.25, 0.3) is 0 Å². The largest absolute Gasteiger partial charge is 0.462 e. The molecule has 3 fully saturated rings. The molecule has 0 aliphatic carbocycles. The Morgan fingerprint density at radius 2 is 1.72 bits per heavy atom. The van der Waals surface area contributed by atoms with Gasteiger partial charge in [-0.05, 0) is 32.0 Å². The highest BCUT2D eigenvalue weighted by Gasteiger charge is 2.42. The van der Waals surface area contributed by atoms with E-state index >= 15 is 0 Å². The Morgan fingerprint density at radius 3 is 2.41 bits per heavy atom. The number of ether oxygens (including phenoxy) is 1. The van der Waals surface area contributed by atoms with Gasteiger partial charge in [-0.2, -0.15) is 5.26 Å². The molecule has 3 saturated heterocycles. The van der Waals surface area contributed by atoms with Gasteiger partial charge in [-0.25, -0.2) is 0 Å². The molecule has 3 aliphatic rings. The maximum absolute atomic E-state index is 12.5. The molecule has 2 unspecified atom stereocenters. The summed E-state index contributed by atoms with van der Waals surface area (Å²) in [5.41, 5.74) is 1.94. The van der Waals surface area contributed by atoms with Crippen LogP contribution in [0, 0.1) is 11.3 Å². The minimum Gasteiger partial charge on any atom is -0.462 e. The van der Waals surface area contributed by atoms with E-state index in [0.29, 0.717) is 18.5 Å². The maximum atomic E-state index is 12.5. The van der Waals surface area contributed by atoms with Gasteiger partial charge < -0.3 is 19.4 Å². The first-order valence-corrected chi connectivity index (χ1v) is 11.9. The summed E-state index contributed by atoms with van der Waals surface area (Å²) in [6.07, 6.45) is 4.56. The van der Waals surface area contributed by atoms with Crippen molar-refractivity contribution in [3.05, 3.63) is 42.0 Å². The second-order valence-corrected chi connectivity index (χ2v) is 9.56. The molecular formula is C26H32N4O2. The average Bonchev–Trinajstić information content (AvgIpc) is 3.07. The highest BCUT2D eigenvalue weighted by atomic mass is 16.5. The number of likely N-dealkylation sites (N-methyl/N-ethyl adjacent to an activating group) is 1. The molecular weight excluding hydrogens is 400 g/mol. The number of nitriles is 1. The van der Waals surface area contributed by atoms with Crippen molar-refractivity contribution in [2.24, 2.45) is 0 Å². The molecule has 32 heavy (non-hydrogen) atoms. The van der Waals surface area contributed by atoms with Gasteiger partial charge in [-0.15, -0.1) is 0 Å². The fourth-order valence-electron chi connectivity index (χ4n) is 5.79. The minimum atomic E-state index is -0.0504. The third kappa shape index (κ3) is 4.20. The lowest BCUT2D eigenvalue weighted by atomic mass is 9.96. The Bertz CT molecular complexity index is 1010. The fourth-order valence-corrected chi connectivity index (χ4v) is 5.79. The number of hydrogen-bond acceptors (Lipinski definition) is 6. The van der Waals surface area contributed by atoms with E-state index in [-0.39, 0.29) is 12.1 Å². The average molecular weight is 433 g/mol. The highest BCUT2D eigenvalue weighted by Crippen LogP contribution is 2.43. The quantitative estimate of drug-likeness (QED) is 0.675. The lowest BCUT2D eigenvalue weighted by Gasteiger charge is -2.41. The molecule has 2 bridgehead atoms. The van der Waals surface area contributed by atoms with E-state index in [1.54, 1.807) is 0 Å². The standard InChI is InChI=1S/C26H32N4O2/c1-28-12-14-29(15-13-28)11-10-26(31)32-22-16-20-7-8-21(17-22)30(20)25-9-6-19(18-27)23-4-2-3-5-24(23)25/h2-6,9,20-22H,7-8,10-17H2,1H3. The number of rotatable bonds is 5. The molecule has 2 atom stereocenters. The predicted molar refractivity (Wildman–Crippen MR) is 126 cm³/mol. The third-order valence-corrected chi connectivity index (χ3v) is 7.52. The lowest BCUT2D eigenvalue weighted by Crippen LogP contribution is -2.47. The summed E-state index contributed by atoms with van der Waals surface area (Å²) < 4.78 is 5.95. The van der Waals surface area contributed by atoms with Crippen LogP contribution in [0.2, 0.25) is 0 Å². The Hall–Kier alpha value is -2.62. The molecule has 2 aromatic rings. The number of esters is 1. The second kappa shape index (κ2) is 9.09. The molecule has 3 aliphatic heterocycles. The van der Waals surface area contributed by atoms with E-state index in [4.69, 9.17) is 4.74 Å². The van der Waals surface area contributed by atoms with Gasteiger partial charge in [-0.1, -0.05) is 24.3 Å². The summed E-state index contributed by atoms with van der Waals surface area (Å²) in [6, 6.07) is 15.4. The zero-order valence-corrected chi connectivity index (χ0v) is 18.9. The van der Waals surface area contributed by atoms with Crippen LogP contribution in [-0.4, -0.2) is 73.7 Å². The van der Waals surface area contributed by atoms with Crippen LogP contribution in [0.4, 0.5) is 5.69 Å². The monoisotopic (exact) mass is 432 g/mol. The minimum absolute atomic E-state index is 0.0217. The molecule has 2 aromatic carbocycles. The molecule has 0 aromatic heterocycles. The van der Waals surface area contributed by atoms with E-state index in [1.165, 1.54) is 5.69 Å². The Balaban J connectivity index is 1.22. The first-order chi connectivity index (χ1) is 15.6. The van der Waals surface area contributed by atoms with Gasteiger partial charge in [0.1, 0.15) is 6.10 Å². The van der Waals surface area contributed by atoms with Crippen LogP contribution >= 0.6 is 0 Å².